The summed E-state index contributed by atoms with van der Waals surface area (Å²) in [5, 5.41) is 7.09. The van der Waals surface area contributed by atoms with Crippen molar-refractivity contribution in [3.8, 4) is 12.3 Å². The lowest BCUT2D eigenvalue weighted by atomic mass is 10.3. The molecule has 0 aliphatic carbocycles. The molecule has 1 aromatic heterocycles. The number of hydrogen-bond acceptors (Lipinski definition) is 4. The summed E-state index contributed by atoms with van der Waals surface area (Å²) in [6.07, 6.45) is 6.54. The summed E-state index contributed by atoms with van der Waals surface area (Å²) in [5.41, 5.74) is -0.0300. The maximum absolute atomic E-state index is 12.0. The van der Waals surface area contributed by atoms with Gasteiger partial charge in [-0.05, 0) is 13.8 Å². The predicted octanol–water partition coefficient (Wildman–Crippen LogP) is 1.37. The van der Waals surface area contributed by atoms with E-state index in [4.69, 9.17) is 22.8 Å². The van der Waals surface area contributed by atoms with Gasteiger partial charge in [-0.15, -0.1) is 6.42 Å². The predicted molar refractivity (Wildman–Crippen MR) is 71.9 cm³/mol. The highest BCUT2D eigenvalue weighted by atomic mass is 35.5. The third-order valence-corrected chi connectivity index (χ3v) is 2.54. The van der Waals surface area contributed by atoms with Gasteiger partial charge in [-0.3, -0.25) is 4.79 Å². The van der Waals surface area contributed by atoms with Crippen LogP contribution in [-0.2, 0) is 11.3 Å². The second-order valence-electron chi connectivity index (χ2n) is 3.68. The molecule has 1 heterocycles. The Bertz CT molecular complexity index is 493. The van der Waals surface area contributed by atoms with Crippen molar-refractivity contribution < 1.29 is 4.74 Å². The molecule has 0 spiro atoms. The SMILES string of the molecule is C#CCn1ncc(Cl)c(NCC(C)OCC)c1=O. The standard InChI is InChI=1S/C12H16ClN3O2/c1-4-6-16-12(17)11(10(13)8-15-16)14-7-9(3)18-5-2/h1,8-9,14H,5-7H2,2-3H3. The van der Waals surface area contributed by atoms with E-state index in [1.165, 1.54) is 10.9 Å². The zero-order valence-electron chi connectivity index (χ0n) is 10.4. The third kappa shape index (κ3) is 3.76. The van der Waals surface area contributed by atoms with Crippen molar-refractivity contribution in [2.24, 2.45) is 0 Å². The number of rotatable bonds is 6. The van der Waals surface area contributed by atoms with E-state index in [0.717, 1.165) is 0 Å². The van der Waals surface area contributed by atoms with Crippen molar-refractivity contribution in [1.29, 1.82) is 0 Å². The number of anilines is 1. The fourth-order valence-corrected chi connectivity index (χ4v) is 1.61. The summed E-state index contributed by atoms with van der Waals surface area (Å²) in [7, 11) is 0. The lowest BCUT2D eigenvalue weighted by molar-refractivity contribution is 0.0855. The molecule has 18 heavy (non-hydrogen) atoms. The molecule has 5 nitrogen and oxygen atoms in total. The van der Waals surface area contributed by atoms with Crippen molar-refractivity contribution in [3.05, 3.63) is 21.6 Å². The Morgan fingerprint density at radius 2 is 2.44 bits per heavy atom. The van der Waals surface area contributed by atoms with Crippen LogP contribution in [0.5, 0.6) is 0 Å². The molecule has 1 aromatic rings. The van der Waals surface area contributed by atoms with Crippen LogP contribution in [0.4, 0.5) is 5.69 Å². The Balaban J connectivity index is 2.85. The molecule has 0 radical (unpaired) electrons. The van der Waals surface area contributed by atoms with E-state index in [1.807, 2.05) is 13.8 Å². The summed E-state index contributed by atoms with van der Waals surface area (Å²) in [5.74, 6) is 2.36. The van der Waals surface area contributed by atoms with E-state index < -0.39 is 0 Å². The highest BCUT2D eigenvalue weighted by Crippen LogP contribution is 2.15. The van der Waals surface area contributed by atoms with Crippen LogP contribution in [0.15, 0.2) is 11.0 Å². The highest BCUT2D eigenvalue weighted by Gasteiger charge is 2.10. The fraction of sp³-hybridized carbons (Fsp3) is 0.500. The quantitative estimate of drug-likeness (QED) is 0.793. The van der Waals surface area contributed by atoms with Crippen LogP contribution in [0.2, 0.25) is 5.02 Å². The van der Waals surface area contributed by atoms with E-state index in [0.29, 0.717) is 18.8 Å². The first-order chi connectivity index (χ1) is 8.60. The Labute approximate surface area is 111 Å². The normalized spacial score (nSPS) is 11.9. The molecule has 6 heteroatoms. The second kappa shape index (κ2) is 7.04. The van der Waals surface area contributed by atoms with Crippen molar-refractivity contribution in [2.75, 3.05) is 18.5 Å². The molecule has 0 aliphatic heterocycles. The van der Waals surface area contributed by atoms with Crippen LogP contribution in [0.25, 0.3) is 0 Å². The fourth-order valence-electron chi connectivity index (χ4n) is 1.42. The zero-order valence-corrected chi connectivity index (χ0v) is 11.2. The molecule has 0 saturated heterocycles. The van der Waals surface area contributed by atoms with Gasteiger partial charge in [-0.25, -0.2) is 4.68 Å². The molecular weight excluding hydrogens is 254 g/mol. The molecule has 1 N–H and O–H groups in total. The number of aromatic nitrogens is 2. The Morgan fingerprint density at radius 3 is 3.06 bits per heavy atom. The lowest BCUT2D eigenvalue weighted by Crippen LogP contribution is -2.28. The van der Waals surface area contributed by atoms with E-state index in [-0.39, 0.29) is 23.2 Å². The maximum atomic E-state index is 12.0. The number of halogens is 1. The minimum atomic E-state index is -0.329. The molecule has 0 saturated carbocycles. The number of nitrogens with zero attached hydrogens (tertiary/aromatic N) is 2. The van der Waals surface area contributed by atoms with Crippen LogP contribution in [0.3, 0.4) is 0 Å². The average Bonchev–Trinajstić information content (AvgIpc) is 2.33. The third-order valence-electron chi connectivity index (χ3n) is 2.26. The minimum Gasteiger partial charge on any atom is -0.377 e. The van der Waals surface area contributed by atoms with E-state index in [2.05, 4.69) is 16.3 Å². The van der Waals surface area contributed by atoms with Crippen LogP contribution < -0.4 is 10.9 Å². The summed E-state index contributed by atoms with van der Waals surface area (Å²) in [6, 6.07) is 0. The molecule has 1 unspecified atom stereocenters. The maximum Gasteiger partial charge on any atom is 0.292 e. The van der Waals surface area contributed by atoms with Crippen molar-refractivity contribution in [3.63, 3.8) is 0 Å². The molecular formula is C12H16ClN3O2. The zero-order chi connectivity index (χ0) is 13.5. The first kappa shape index (κ1) is 14.6. The van der Waals surface area contributed by atoms with Gasteiger partial charge >= 0.3 is 0 Å². The van der Waals surface area contributed by atoms with Gasteiger partial charge in [0.05, 0.1) is 17.3 Å². The van der Waals surface area contributed by atoms with E-state index in [9.17, 15) is 4.79 Å². The number of nitrogens with one attached hydrogen (secondary N) is 1. The van der Waals surface area contributed by atoms with Gasteiger partial charge in [0.1, 0.15) is 12.2 Å². The molecule has 0 bridgehead atoms. The molecule has 1 rings (SSSR count). The summed E-state index contributed by atoms with van der Waals surface area (Å²) in [4.78, 5) is 12.0. The van der Waals surface area contributed by atoms with Crippen LogP contribution in [0, 0.1) is 12.3 Å². The second-order valence-corrected chi connectivity index (χ2v) is 4.09. The Morgan fingerprint density at radius 1 is 1.72 bits per heavy atom. The van der Waals surface area contributed by atoms with Gasteiger partial charge in [0.25, 0.3) is 5.56 Å². The molecule has 0 amide bonds. The van der Waals surface area contributed by atoms with E-state index >= 15 is 0 Å². The highest BCUT2D eigenvalue weighted by molar-refractivity contribution is 6.32. The van der Waals surface area contributed by atoms with Gasteiger partial charge in [-0.1, -0.05) is 17.5 Å². The number of hydrogen-bond donors (Lipinski definition) is 1. The Hall–Kier alpha value is -1.51. The van der Waals surface area contributed by atoms with Gasteiger partial charge in [0.2, 0.25) is 0 Å². The first-order valence-electron chi connectivity index (χ1n) is 5.64. The Kier molecular flexibility index (Phi) is 5.69. The number of ether oxygens (including phenoxy) is 1. The molecule has 1 atom stereocenters. The van der Waals surface area contributed by atoms with Crippen LogP contribution in [-0.4, -0.2) is 29.0 Å². The largest absolute Gasteiger partial charge is 0.377 e. The van der Waals surface area contributed by atoms with Crippen molar-refractivity contribution in [2.45, 2.75) is 26.5 Å². The summed E-state index contributed by atoms with van der Waals surface area (Å²) < 4.78 is 6.54. The smallest absolute Gasteiger partial charge is 0.292 e. The topological polar surface area (TPSA) is 56.1 Å². The molecule has 0 aliphatic rings. The van der Waals surface area contributed by atoms with Gasteiger partial charge in [-0.2, -0.15) is 5.10 Å². The lowest BCUT2D eigenvalue weighted by Gasteiger charge is -2.14. The van der Waals surface area contributed by atoms with Crippen LogP contribution in [0.1, 0.15) is 13.8 Å². The van der Waals surface area contributed by atoms with Crippen molar-refractivity contribution >= 4 is 17.3 Å². The monoisotopic (exact) mass is 269 g/mol. The summed E-state index contributed by atoms with van der Waals surface area (Å²) >= 11 is 5.93. The minimum absolute atomic E-state index is 0.0142. The molecule has 98 valence electrons. The molecule has 0 fully saturated rings. The average molecular weight is 270 g/mol. The molecule has 0 aromatic carbocycles. The summed E-state index contributed by atoms with van der Waals surface area (Å²) in [6.45, 7) is 5.05. The first-order valence-corrected chi connectivity index (χ1v) is 6.02. The number of terminal acetylenes is 1. The van der Waals surface area contributed by atoms with Gasteiger partial charge < -0.3 is 10.1 Å². The van der Waals surface area contributed by atoms with Crippen molar-refractivity contribution in [1.82, 2.24) is 9.78 Å². The van der Waals surface area contributed by atoms with Gasteiger partial charge in [0, 0.05) is 13.2 Å². The van der Waals surface area contributed by atoms with Gasteiger partial charge in [0.15, 0.2) is 0 Å². The van der Waals surface area contributed by atoms with E-state index in [1.54, 1.807) is 0 Å². The van der Waals surface area contributed by atoms with Crippen LogP contribution >= 0.6 is 11.6 Å².